The number of tetrazole rings is 1. The van der Waals surface area contributed by atoms with E-state index >= 15 is 0 Å². The van der Waals surface area contributed by atoms with Crippen LogP contribution in [0.4, 0.5) is 13.2 Å². The lowest BCUT2D eigenvalue weighted by molar-refractivity contribution is -0.137. The highest BCUT2D eigenvalue weighted by molar-refractivity contribution is 7.98. The van der Waals surface area contributed by atoms with Gasteiger partial charge in [0.2, 0.25) is 16.9 Å². The van der Waals surface area contributed by atoms with E-state index in [4.69, 9.17) is 9.26 Å². The summed E-state index contributed by atoms with van der Waals surface area (Å²) in [5.74, 6) is 1.36. The molecule has 0 saturated carbocycles. The fourth-order valence-electron chi connectivity index (χ4n) is 2.75. The molecule has 0 bridgehead atoms. The van der Waals surface area contributed by atoms with Gasteiger partial charge in [0, 0.05) is 5.56 Å². The van der Waals surface area contributed by atoms with E-state index in [0.29, 0.717) is 22.2 Å². The predicted octanol–water partition coefficient (Wildman–Crippen LogP) is 4.34. The number of thioether (sulfide) groups is 1. The molecule has 0 radical (unpaired) electrons. The maximum atomic E-state index is 12.7. The van der Waals surface area contributed by atoms with Crippen LogP contribution in [0.3, 0.4) is 0 Å². The Morgan fingerprint density at radius 1 is 1.13 bits per heavy atom. The summed E-state index contributed by atoms with van der Waals surface area (Å²) in [6, 6.07) is 10.2. The van der Waals surface area contributed by atoms with Crippen molar-refractivity contribution in [1.82, 2.24) is 30.3 Å². The Hall–Kier alpha value is -3.41. The Labute approximate surface area is 178 Å². The minimum atomic E-state index is -4.40. The number of nitrogens with zero attached hydrogens (tertiary/aromatic N) is 6. The van der Waals surface area contributed by atoms with Crippen molar-refractivity contribution >= 4 is 11.8 Å². The fraction of sp³-hybridized carbons (Fsp3) is 0.211. The third kappa shape index (κ3) is 4.53. The lowest BCUT2D eigenvalue weighted by Gasteiger charge is -2.09. The molecule has 0 amide bonds. The Morgan fingerprint density at radius 2 is 1.90 bits per heavy atom. The van der Waals surface area contributed by atoms with Crippen LogP contribution >= 0.6 is 11.8 Å². The van der Waals surface area contributed by atoms with Crippen LogP contribution in [0.5, 0.6) is 5.75 Å². The fourth-order valence-corrected chi connectivity index (χ4v) is 3.47. The smallest absolute Gasteiger partial charge is 0.416 e. The van der Waals surface area contributed by atoms with Gasteiger partial charge in [-0.15, -0.1) is 5.10 Å². The zero-order valence-electron chi connectivity index (χ0n) is 16.3. The van der Waals surface area contributed by atoms with Gasteiger partial charge in [-0.25, -0.2) is 0 Å². The van der Waals surface area contributed by atoms with Crippen LogP contribution in [0.25, 0.3) is 17.1 Å². The van der Waals surface area contributed by atoms with E-state index in [0.717, 1.165) is 17.7 Å². The first-order valence-electron chi connectivity index (χ1n) is 8.91. The molecule has 2 heterocycles. The van der Waals surface area contributed by atoms with Gasteiger partial charge in [0.05, 0.1) is 18.4 Å². The summed E-state index contributed by atoms with van der Waals surface area (Å²) in [6.07, 6.45) is -4.40. The standard InChI is InChI=1S/C19H15F3N6O2S/c1-11-3-8-15(29-2)14(9-11)28-18(24-26-27-28)31-10-16-23-17(25-30-16)12-4-6-13(7-5-12)19(20,21)22/h3-9H,10H2,1-2H3. The molecule has 4 aromatic rings. The van der Waals surface area contributed by atoms with Gasteiger partial charge in [0.25, 0.3) is 0 Å². The molecular formula is C19H15F3N6O2S. The molecule has 0 fully saturated rings. The van der Waals surface area contributed by atoms with Crippen molar-refractivity contribution < 1.29 is 22.4 Å². The monoisotopic (exact) mass is 448 g/mol. The molecule has 0 unspecified atom stereocenters. The van der Waals surface area contributed by atoms with E-state index in [9.17, 15) is 13.2 Å². The van der Waals surface area contributed by atoms with Crippen molar-refractivity contribution in [2.45, 2.75) is 24.0 Å². The number of ether oxygens (including phenoxy) is 1. The lowest BCUT2D eigenvalue weighted by atomic mass is 10.1. The van der Waals surface area contributed by atoms with E-state index in [1.807, 2.05) is 25.1 Å². The minimum Gasteiger partial charge on any atom is -0.494 e. The predicted molar refractivity (Wildman–Crippen MR) is 105 cm³/mol. The van der Waals surface area contributed by atoms with Gasteiger partial charge in [0.1, 0.15) is 11.4 Å². The Kier molecular flexibility index (Phi) is 5.63. The zero-order valence-corrected chi connectivity index (χ0v) is 17.1. The molecule has 0 aliphatic carbocycles. The number of aryl methyl sites for hydroxylation is 1. The number of benzene rings is 2. The number of halogens is 3. The van der Waals surface area contributed by atoms with E-state index in [-0.39, 0.29) is 17.5 Å². The van der Waals surface area contributed by atoms with Crippen LogP contribution in [0.2, 0.25) is 0 Å². The van der Waals surface area contributed by atoms with Gasteiger partial charge < -0.3 is 9.26 Å². The van der Waals surface area contributed by atoms with Gasteiger partial charge in [-0.3, -0.25) is 0 Å². The second kappa shape index (κ2) is 8.38. The molecule has 2 aromatic heterocycles. The van der Waals surface area contributed by atoms with E-state index < -0.39 is 11.7 Å². The lowest BCUT2D eigenvalue weighted by Crippen LogP contribution is -2.04. The van der Waals surface area contributed by atoms with Crippen LogP contribution < -0.4 is 4.74 Å². The number of rotatable bonds is 6. The maximum Gasteiger partial charge on any atom is 0.416 e. The highest BCUT2D eigenvalue weighted by atomic mass is 32.2. The van der Waals surface area contributed by atoms with Crippen molar-refractivity contribution in [2.24, 2.45) is 0 Å². The van der Waals surface area contributed by atoms with Crippen LogP contribution in [0, 0.1) is 6.92 Å². The van der Waals surface area contributed by atoms with Crippen molar-refractivity contribution in [2.75, 3.05) is 7.11 Å². The van der Waals surface area contributed by atoms with Crippen molar-refractivity contribution in [1.29, 1.82) is 0 Å². The number of hydrogen-bond donors (Lipinski definition) is 0. The molecule has 0 aliphatic rings. The average molecular weight is 448 g/mol. The van der Waals surface area contributed by atoms with Gasteiger partial charge in [-0.2, -0.15) is 22.8 Å². The molecule has 0 aliphatic heterocycles. The molecule has 2 aromatic carbocycles. The Balaban J connectivity index is 1.49. The first-order chi connectivity index (χ1) is 14.8. The number of alkyl halides is 3. The van der Waals surface area contributed by atoms with Crippen LogP contribution in [0.1, 0.15) is 17.0 Å². The summed E-state index contributed by atoms with van der Waals surface area (Å²) in [5, 5.41) is 16.1. The molecule has 0 atom stereocenters. The van der Waals surface area contributed by atoms with E-state index in [2.05, 4.69) is 25.7 Å². The highest BCUT2D eigenvalue weighted by Gasteiger charge is 2.30. The average Bonchev–Trinajstić information content (AvgIpc) is 3.41. The maximum absolute atomic E-state index is 12.7. The van der Waals surface area contributed by atoms with Crippen LogP contribution in [0.15, 0.2) is 52.1 Å². The summed E-state index contributed by atoms with van der Waals surface area (Å²) in [6.45, 7) is 1.95. The van der Waals surface area contributed by atoms with Crippen LogP contribution in [-0.4, -0.2) is 37.5 Å². The molecule has 12 heteroatoms. The third-order valence-corrected chi connectivity index (χ3v) is 5.17. The molecular weight excluding hydrogens is 433 g/mol. The molecule has 4 rings (SSSR count). The van der Waals surface area contributed by atoms with Gasteiger partial charge in [-0.1, -0.05) is 35.1 Å². The van der Waals surface area contributed by atoms with Gasteiger partial charge in [-0.05, 0) is 47.2 Å². The first kappa shape index (κ1) is 20.8. The van der Waals surface area contributed by atoms with E-state index in [1.165, 1.54) is 23.9 Å². The third-order valence-electron chi connectivity index (χ3n) is 4.27. The second-order valence-electron chi connectivity index (χ2n) is 6.42. The zero-order chi connectivity index (χ0) is 22.0. The number of methoxy groups -OCH3 is 1. The highest BCUT2D eigenvalue weighted by Crippen LogP contribution is 2.31. The molecule has 0 N–H and O–H groups in total. The normalized spacial score (nSPS) is 11.6. The Morgan fingerprint density at radius 3 is 2.61 bits per heavy atom. The van der Waals surface area contributed by atoms with Crippen LogP contribution in [-0.2, 0) is 11.9 Å². The summed E-state index contributed by atoms with van der Waals surface area (Å²) < 4.78 is 50.3. The molecule has 31 heavy (non-hydrogen) atoms. The first-order valence-corrected chi connectivity index (χ1v) is 9.90. The van der Waals surface area contributed by atoms with E-state index in [1.54, 1.807) is 11.8 Å². The quantitative estimate of drug-likeness (QED) is 0.402. The molecule has 0 spiro atoms. The van der Waals surface area contributed by atoms with Crippen molar-refractivity contribution in [3.8, 4) is 22.8 Å². The summed E-state index contributed by atoms with van der Waals surface area (Å²) >= 11 is 1.27. The minimum absolute atomic E-state index is 0.198. The van der Waals surface area contributed by atoms with Gasteiger partial charge >= 0.3 is 6.18 Å². The van der Waals surface area contributed by atoms with Crippen molar-refractivity contribution in [3.63, 3.8) is 0 Å². The largest absolute Gasteiger partial charge is 0.494 e. The molecule has 160 valence electrons. The summed E-state index contributed by atoms with van der Waals surface area (Å²) in [7, 11) is 1.56. The van der Waals surface area contributed by atoms with Crippen molar-refractivity contribution in [3.05, 3.63) is 59.5 Å². The Bertz CT molecular complexity index is 1190. The second-order valence-corrected chi connectivity index (χ2v) is 7.37. The SMILES string of the molecule is COc1ccc(C)cc1-n1nnnc1SCc1nc(-c2ccc(C(F)(F)F)cc2)no1. The molecule has 0 saturated heterocycles. The number of aromatic nitrogens is 6. The number of hydrogen-bond acceptors (Lipinski definition) is 8. The summed E-state index contributed by atoms with van der Waals surface area (Å²) in [5.41, 5.74) is 1.38. The molecule has 8 nitrogen and oxygen atoms in total. The van der Waals surface area contributed by atoms with Gasteiger partial charge in [0.15, 0.2) is 0 Å². The topological polar surface area (TPSA) is 91.8 Å². The summed E-state index contributed by atoms with van der Waals surface area (Å²) in [4.78, 5) is 4.24.